The number of hydrogen-bond donors (Lipinski definition) is 0. The molecule has 3 aliphatic carbocycles. The molecular weight excluding hydrogens is 865 g/mol. The Labute approximate surface area is 414 Å². The molecule has 10 aromatic rings. The molecule has 0 aromatic heterocycles. The zero-order chi connectivity index (χ0) is 46.9. The van der Waals surface area contributed by atoms with Gasteiger partial charge in [-0.3, -0.25) is 0 Å². The van der Waals surface area contributed by atoms with Gasteiger partial charge in [0.15, 0.2) is 23.0 Å². The Bertz CT molecular complexity index is 3690. The van der Waals surface area contributed by atoms with Crippen molar-refractivity contribution in [2.24, 2.45) is 5.92 Å². The highest BCUT2D eigenvalue weighted by atomic mass is 16.6. The predicted molar refractivity (Wildman–Crippen MR) is 290 cm³/mol. The van der Waals surface area contributed by atoms with E-state index in [4.69, 9.17) is 9.47 Å². The molecule has 336 valence electrons. The molecular formula is C67H46N2O2. The van der Waals surface area contributed by atoms with E-state index in [0.717, 1.165) is 56.4 Å². The molecule has 0 fully saturated rings. The lowest BCUT2D eigenvalue weighted by Gasteiger charge is -2.36. The first-order chi connectivity index (χ1) is 35.2. The van der Waals surface area contributed by atoms with Crippen LogP contribution in [-0.2, 0) is 5.41 Å². The van der Waals surface area contributed by atoms with Crippen LogP contribution in [0.2, 0.25) is 0 Å². The van der Waals surface area contributed by atoms with Crippen molar-refractivity contribution in [3.05, 3.63) is 289 Å². The van der Waals surface area contributed by atoms with E-state index in [0.29, 0.717) is 23.0 Å². The van der Waals surface area contributed by atoms with Crippen LogP contribution in [0.4, 0.5) is 34.1 Å². The number of benzene rings is 10. The zero-order valence-electron chi connectivity index (χ0n) is 38.8. The molecule has 14 rings (SSSR count). The first-order valence-corrected chi connectivity index (χ1v) is 24.5. The van der Waals surface area contributed by atoms with E-state index in [9.17, 15) is 0 Å². The molecule has 0 saturated heterocycles. The Morgan fingerprint density at radius 1 is 0.338 bits per heavy atom. The standard InChI is InChI=1S/C67H46N2O2/c1-5-21-45(22-6-1)47-25-19-31-51(41-47)68(49-27-9-3-10-28-49)61-39-40-62(69(50-29-11-4-12-30-50)52-32-20-26-48(42-52)46-23-7-2-8-24-46)66-65(61)70-63-43-56-55-35-15-18-38-59(55)67(60(56)44-64(63)71-66)57-36-16-13-33-53(57)54-34-14-17-37-58(54)67/h1-44,55,59H. The molecule has 1 heterocycles. The van der Waals surface area contributed by atoms with Crippen LogP contribution in [0.1, 0.15) is 28.2 Å². The summed E-state index contributed by atoms with van der Waals surface area (Å²) in [6.07, 6.45) is 9.25. The number of ether oxygens (including phenoxy) is 2. The number of rotatable bonds is 8. The van der Waals surface area contributed by atoms with Crippen LogP contribution < -0.4 is 19.3 Å². The van der Waals surface area contributed by atoms with Crippen molar-refractivity contribution < 1.29 is 9.47 Å². The predicted octanol–water partition coefficient (Wildman–Crippen LogP) is 18.0. The van der Waals surface area contributed by atoms with Crippen molar-refractivity contribution in [1.82, 2.24) is 0 Å². The normalized spacial score (nSPS) is 15.8. The monoisotopic (exact) mass is 910 g/mol. The summed E-state index contributed by atoms with van der Waals surface area (Å²) in [6, 6.07) is 86.8. The van der Waals surface area contributed by atoms with E-state index in [2.05, 4.69) is 277 Å². The summed E-state index contributed by atoms with van der Waals surface area (Å²) < 4.78 is 15.2. The topological polar surface area (TPSA) is 24.9 Å². The minimum absolute atomic E-state index is 0.127. The third-order valence-electron chi connectivity index (χ3n) is 15.0. The van der Waals surface area contributed by atoms with Gasteiger partial charge in [0.05, 0.1) is 16.8 Å². The summed E-state index contributed by atoms with van der Waals surface area (Å²) in [5.41, 5.74) is 17.5. The lowest BCUT2D eigenvalue weighted by molar-refractivity contribution is 0.360. The third-order valence-corrected chi connectivity index (χ3v) is 15.0. The highest BCUT2D eigenvalue weighted by Gasteiger charge is 2.57. The Kier molecular flexibility index (Phi) is 9.53. The average molecular weight is 911 g/mol. The van der Waals surface area contributed by atoms with Crippen LogP contribution in [0.15, 0.2) is 267 Å². The average Bonchev–Trinajstić information content (AvgIpc) is 3.91. The van der Waals surface area contributed by atoms with Crippen LogP contribution in [0, 0.1) is 5.92 Å². The second kappa shape index (κ2) is 16.5. The van der Waals surface area contributed by atoms with Crippen LogP contribution in [-0.4, -0.2) is 0 Å². The number of allylic oxidation sites excluding steroid dienone is 4. The molecule has 2 atom stereocenters. The van der Waals surface area contributed by atoms with Gasteiger partial charge in [-0.1, -0.05) is 194 Å². The Morgan fingerprint density at radius 2 is 0.761 bits per heavy atom. The fourth-order valence-corrected chi connectivity index (χ4v) is 12.0. The third kappa shape index (κ3) is 6.45. The first-order valence-electron chi connectivity index (χ1n) is 24.5. The Balaban J connectivity index is 1.01. The molecule has 1 spiro atoms. The molecule has 0 radical (unpaired) electrons. The highest BCUT2D eigenvalue weighted by molar-refractivity contribution is 5.93. The maximum atomic E-state index is 7.63. The van der Waals surface area contributed by atoms with Crippen LogP contribution in [0.25, 0.3) is 33.4 Å². The van der Waals surface area contributed by atoms with Crippen molar-refractivity contribution in [1.29, 1.82) is 0 Å². The number of hydrogen-bond acceptors (Lipinski definition) is 4. The van der Waals surface area contributed by atoms with E-state index >= 15 is 0 Å². The maximum absolute atomic E-state index is 7.63. The van der Waals surface area contributed by atoms with E-state index in [-0.39, 0.29) is 11.8 Å². The Morgan fingerprint density at radius 3 is 1.28 bits per heavy atom. The van der Waals surface area contributed by atoms with E-state index < -0.39 is 5.41 Å². The van der Waals surface area contributed by atoms with Gasteiger partial charge in [-0.25, -0.2) is 0 Å². The molecule has 4 nitrogen and oxygen atoms in total. The molecule has 0 amide bonds. The molecule has 2 unspecified atom stereocenters. The maximum Gasteiger partial charge on any atom is 0.196 e. The van der Waals surface area contributed by atoms with Crippen LogP contribution >= 0.6 is 0 Å². The fraction of sp³-hybridized carbons (Fsp3) is 0.0448. The van der Waals surface area contributed by atoms with E-state index in [1.54, 1.807) is 0 Å². The van der Waals surface area contributed by atoms with Gasteiger partial charge >= 0.3 is 0 Å². The highest BCUT2D eigenvalue weighted by Crippen LogP contribution is 2.68. The summed E-state index contributed by atoms with van der Waals surface area (Å²) in [4.78, 5) is 4.60. The number of para-hydroxylation sites is 2. The van der Waals surface area contributed by atoms with Crippen molar-refractivity contribution in [3.63, 3.8) is 0 Å². The molecule has 0 N–H and O–H groups in total. The van der Waals surface area contributed by atoms with Gasteiger partial charge in [-0.15, -0.1) is 0 Å². The SMILES string of the molecule is C1=CC2c3cc4c(cc3C3(c5ccccc5-c5ccccc53)C2C=C1)Oc1c(N(c2ccccc2)c2cccc(-c3ccccc3)c2)ccc(N(c2ccccc2)c2cccc(-c3ccccc3)c2)c1O4. The summed E-state index contributed by atoms with van der Waals surface area (Å²) in [5.74, 6) is 2.91. The van der Waals surface area contributed by atoms with Gasteiger partial charge in [0.25, 0.3) is 0 Å². The minimum Gasteiger partial charge on any atom is -0.447 e. The van der Waals surface area contributed by atoms with E-state index in [1.165, 1.54) is 33.4 Å². The van der Waals surface area contributed by atoms with Gasteiger partial charge in [0.2, 0.25) is 0 Å². The number of anilines is 6. The number of nitrogens with zero attached hydrogens (tertiary/aromatic N) is 2. The van der Waals surface area contributed by atoms with Crippen LogP contribution in [0.5, 0.6) is 23.0 Å². The van der Waals surface area contributed by atoms with Gasteiger partial charge in [-0.2, -0.15) is 0 Å². The smallest absolute Gasteiger partial charge is 0.196 e. The van der Waals surface area contributed by atoms with Crippen LogP contribution in [0.3, 0.4) is 0 Å². The molecule has 71 heavy (non-hydrogen) atoms. The lowest BCUT2D eigenvalue weighted by atomic mass is 9.65. The van der Waals surface area contributed by atoms with Gasteiger partial charge < -0.3 is 19.3 Å². The second-order valence-corrected chi connectivity index (χ2v) is 18.7. The van der Waals surface area contributed by atoms with E-state index in [1.807, 2.05) is 0 Å². The molecule has 4 heteroatoms. The zero-order valence-corrected chi connectivity index (χ0v) is 38.8. The summed E-state index contributed by atoms with van der Waals surface area (Å²) in [7, 11) is 0. The summed E-state index contributed by atoms with van der Waals surface area (Å²) in [6.45, 7) is 0. The van der Waals surface area contributed by atoms with Gasteiger partial charge in [0.1, 0.15) is 0 Å². The molecule has 4 aliphatic rings. The van der Waals surface area contributed by atoms with Crippen molar-refractivity contribution in [3.8, 4) is 56.4 Å². The Hall–Kier alpha value is -9.12. The summed E-state index contributed by atoms with van der Waals surface area (Å²) in [5, 5.41) is 0. The molecule has 1 aliphatic heterocycles. The molecule has 0 bridgehead atoms. The number of fused-ring (bicyclic) bond motifs is 12. The van der Waals surface area contributed by atoms with Crippen molar-refractivity contribution in [2.45, 2.75) is 11.3 Å². The molecule has 10 aromatic carbocycles. The van der Waals surface area contributed by atoms with Gasteiger partial charge in [0, 0.05) is 34.6 Å². The minimum atomic E-state index is -0.431. The van der Waals surface area contributed by atoms with Crippen molar-refractivity contribution >= 4 is 34.1 Å². The fourth-order valence-electron chi connectivity index (χ4n) is 12.0. The van der Waals surface area contributed by atoms with Crippen molar-refractivity contribution in [2.75, 3.05) is 9.80 Å². The largest absolute Gasteiger partial charge is 0.447 e. The molecule has 0 saturated carbocycles. The second-order valence-electron chi connectivity index (χ2n) is 18.7. The van der Waals surface area contributed by atoms with Gasteiger partial charge in [-0.05, 0) is 128 Å². The first kappa shape index (κ1) is 40.9. The summed E-state index contributed by atoms with van der Waals surface area (Å²) >= 11 is 0. The lowest BCUT2D eigenvalue weighted by Crippen LogP contribution is -2.32. The quantitative estimate of drug-likeness (QED) is 0.152.